The Kier molecular flexibility index (Phi) is 3.60. The van der Waals surface area contributed by atoms with Crippen molar-refractivity contribution in [3.63, 3.8) is 0 Å². The zero-order chi connectivity index (χ0) is 13.2. The third kappa shape index (κ3) is 2.50. The number of ether oxygens (including phenoxy) is 1. The molecular weight excluding hydrogens is 248 g/mol. The monoisotopic (exact) mass is 262 g/mol. The molecule has 2 aromatic rings. The molecular formula is C15H15ClO2. The highest BCUT2D eigenvalue weighted by Crippen LogP contribution is 2.31. The van der Waals surface area contributed by atoms with Gasteiger partial charge in [0.05, 0.1) is 7.11 Å². The lowest BCUT2D eigenvalue weighted by molar-refractivity contribution is 0.102. The first-order chi connectivity index (χ1) is 8.54. The van der Waals surface area contributed by atoms with E-state index in [1.165, 1.54) is 0 Å². The molecule has 3 heteroatoms. The van der Waals surface area contributed by atoms with E-state index >= 15 is 0 Å². The Labute approximate surface area is 112 Å². The maximum Gasteiger partial charge on any atom is 0.118 e. The summed E-state index contributed by atoms with van der Waals surface area (Å²) in [4.78, 5) is 0. The van der Waals surface area contributed by atoms with Crippen LogP contribution in [0.4, 0.5) is 0 Å². The third-order valence-electron chi connectivity index (χ3n) is 3.04. The van der Waals surface area contributed by atoms with Crippen molar-refractivity contribution in [2.75, 3.05) is 7.11 Å². The van der Waals surface area contributed by atoms with E-state index in [1.807, 2.05) is 36.4 Å². The maximum absolute atomic E-state index is 10.6. The molecule has 1 unspecified atom stereocenters. The minimum atomic E-state index is -1.07. The predicted octanol–water partition coefficient (Wildman–Crippen LogP) is 3.60. The largest absolute Gasteiger partial charge is 0.497 e. The summed E-state index contributed by atoms with van der Waals surface area (Å²) in [5, 5.41) is 11.3. The van der Waals surface area contributed by atoms with E-state index < -0.39 is 5.60 Å². The van der Waals surface area contributed by atoms with Gasteiger partial charge in [0.2, 0.25) is 0 Å². The Bertz CT molecular complexity index is 532. The molecule has 0 fully saturated rings. The molecule has 0 aliphatic carbocycles. The van der Waals surface area contributed by atoms with Crippen LogP contribution in [-0.4, -0.2) is 12.2 Å². The SMILES string of the molecule is COc1ccc(C(C)(O)c2cccc(Cl)c2)cc1. The molecule has 1 N–H and O–H groups in total. The zero-order valence-electron chi connectivity index (χ0n) is 10.4. The van der Waals surface area contributed by atoms with Crippen LogP contribution in [0.1, 0.15) is 18.1 Å². The van der Waals surface area contributed by atoms with Gasteiger partial charge in [0.1, 0.15) is 11.4 Å². The van der Waals surface area contributed by atoms with Crippen LogP contribution in [0.2, 0.25) is 5.02 Å². The molecule has 2 nitrogen and oxygen atoms in total. The average molecular weight is 263 g/mol. The highest BCUT2D eigenvalue weighted by Gasteiger charge is 2.25. The van der Waals surface area contributed by atoms with E-state index in [0.717, 1.165) is 16.9 Å². The minimum Gasteiger partial charge on any atom is -0.497 e. The Morgan fingerprint density at radius 3 is 2.28 bits per heavy atom. The highest BCUT2D eigenvalue weighted by molar-refractivity contribution is 6.30. The normalized spacial score (nSPS) is 14.0. The summed E-state index contributed by atoms with van der Waals surface area (Å²) in [6.07, 6.45) is 0. The van der Waals surface area contributed by atoms with E-state index in [1.54, 1.807) is 26.2 Å². The van der Waals surface area contributed by atoms with E-state index in [2.05, 4.69) is 0 Å². The molecule has 0 heterocycles. The highest BCUT2D eigenvalue weighted by atomic mass is 35.5. The summed E-state index contributed by atoms with van der Waals surface area (Å²) >= 11 is 5.95. The van der Waals surface area contributed by atoms with Crippen LogP contribution >= 0.6 is 11.6 Å². The van der Waals surface area contributed by atoms with Crippen LogP contribution in [0.25, 0.3) is 0 Å². The molecule has 0 spiro atoms. The second kappa shape index (κ2) is 5.01. The molecule has 1 atom stereocenters. The van der Waals surface area contributed by atoms with Crippen LogP contribution in [0.15, 0.2) is 48.5 Å². The number of methoxy groups -OCH3 is 1. The van der Waals surface area contributed by atoms with Crippen molar-refractivity contribution in [3.05, 3.63) is 64.7 Å². The number of halogens is 1. The van der Waals surface area contributed by atoms with Crippen LogP contribution in [0.3, 0.4) is 0 Å². The third-order valence-corrected chi connectivity index (χ3v) is 3.27. The van der Waals surface area contributed by atoms with Gasteiger partial charge in [0.25, 0.3) is 0 Å². The molecule has 2 aromatic carbocycles. The maximum atomic E-state index is 10.6. The van der Waals surface area contributed by atoms with Gasteiger partial charge < -0.3 is 9.84 Å². The quantitative estimate of drug-likeness (QED) is 0.916. The number of hydrogen-bond acceptors (Lipinski definition) is 2. The van der Waals surface area contributed by atoms with Gasteiger partial charge in [0.15, 0.2) is 0 Å². The van der Waals surface area contributed by atoms with Gasteiger partial charge >= 0.3 is 0 Å². The van der Waals surface area contributed by atoms with Crippen molar-refractivity contribution >= 4 is 11.6 Å². The molecule has 0 radical (unpaired) electrons. The molecule has 0 saturated carbocycles. The zero-order valence-corrected chi connectivity index (χ0v) is 11.1. The van der Waals surface area contributed by atoms with Gasteiger partial charge in [-0.1, -0.05) is 35.9 Å². The molecule has 0 aliphatic heterocycles. The van der Waals surface area contributed by atoms with Crippen molar-refractivity contribution in [1.29, 1.82) is 0 Å². The number of aliphatic hydroxyl groups is 1. The summed E-state index contributed by atoms with van der Waals surface area (Å²) in [6.45, 7) is 1.75. The van der Waals surface area contributed by atoms with E-state index in [0.29, 0.717) is 5.02 Å². The topological polar surface area (TPSA) is 29.5 Å². The molecule has 0 saturated heterocycles. The Morgan fingerprint density at radius 1 is 1.06 bits per heavy atom. The lowest BCUT2D eigenvalue weighted by Crippen LogP contribution is -2.22. The van der Waals surface area contributed by atoms with E-state index in [-0.39, 0.29) is 0 Å². The lowest BCUT2D eigenvalue weighted by Gasteiger charge is -2.24. The first kappa shape index (κ1) is 12.9. The van der Waals surface area contributed by atoms with Gasteiger partial charge in [-0.05, 0) is 42.3 Å². The Morgan fingerprint density at radius 2 is 1.72 bits per heavy atom. The van der Waals surface area contributed by atoms with Crippen molar-refractivity contribution in [2.45, 2.75) is 12.5 Å². The van der Waals surface area contributed by atoms with Crippen LogP contribution in [0.5, 0.6) is 5.75 Å². The summed E-state index contributed by atoms with van der Waals surface area (Å²) in [5.41, 5.74) is 0.489. The molecule has 0 amide bonds. The first-order valence-electron chi connectivity index (χ1n) is 5.67. The van der Waals surface area contributed by atoms with Crippen LogP contribution in [-0.2, 0) is 5.60 Å². The van der Waals surface area contributed by atoms with Crippen molar-refractivity contribution in [1.82, 2.24) is 0 Å². The Hall–Kier alpha value is -1.51. The summed E-state index contributed by atoms with van der Waals surface area (Å²) in [6, 6.07) is 14.6. The van der Waals surface area contributed by atoms with E-state index in [9.17, 15) is 5.11 Å². The van der Waals surface area contributed by atoms with Crippen molar-refractivity contribution in [3.8, 4) is 5.75 Å². The van der Waals surface area contributed by atoms with Crippen molar-refractivity contribution in [2.24, 2.45) is 0 Å². The predicted molar refractivity (Wildman–Crippen MR) is 73.1 cm³/mol. The van der Waals surface area contributed by atoms with Gasteiger partial charge in [-0.3, -0.25) is 0 Å². The van der Waals surface area contributed by atoms with Gasteiger partial charge in [0, 0.05) is 5.02 Å². The molecule has 0 aliphatic rings. The molecule has 2 rings (SSSR count). The molecule has 94 valence electrons. The smallest absolute Gasteiger partial charge is 0.118 e. The molecule has 18 heavy (non-hydrogen) atoms. The second-order valence-electron chi connectivity index (χ2n) is 4.31. The first-order valence-corrected chi connectivity index (χ1v) is 6.05. The van der Waals surface area contributed by atoms with Crippen molar-refractivity contribution < 1.29 is 9.84 Å². The number of benzene rings is 2. The number of hydrogen-bond donors (Lipinski definition) is 1. The van der Waals surface area contributed by atoms with Crippen LogP contribution in [0, 0.1) is 0 Å². The Balaban J connectivity index is 2.40. The molecule has 0 aromatic heterocycles. The fourth-order valence-electron chi connectivity index (χ4n) is 1.87. The number of rotatable bonds is 3. The minimum absolute atomic E-state index is 0.612. The summed E-state index contributed by atoms with van der Waals surface area (Å²) < 4.78 is 5.10. The summed E-state index contributed by atoms with van der Waals surface area (Å²) in [5.74, 6) is 0.764. The second-order valence-corrected chi connectivity index (χ2v) is 4.75. The fraction of sp³-hybridized carbons (Fsp3) is 0.200. The van der Waals surface area contributed by atoms with Gasteiger partial charge in [-0.2, -0.15) is 0 Å². The van der Waals surface area contributed by atoms with Crippen LogP contribution < -0.4 is 4.74 Å². The van der Waals surface area contributed by atoms with Gasteiger partial charge in [-0.25, -0.2) is 0 Å². The fourth-order valence-corrected chi connectivity index (χ4v) is 2.06. The lowest BCUT2D eigenvalue weighted by atomic mass is 9.88. The van der Waals surface area contributed by atoms with E-state index in [4.69, 9.17) is 16.3 Å². The summed E-state index contributed by atoms with van der Waals surface area (Å²) in [7, 11) is 1.62. The standard InChI is InChI=1S/C15H15ClO2/c1-15(17,12-4-3-5-13(16)10-12)11-6-8-14(18-2)9-7-11/h3-10,17H,1-2H3. The average Bonchev–Trinajstić information content (AvgIpc) is 2.39. The molecule has 0 bridgehead atoms. The van der Waals surface area contributed by atoms with Gasteiger partial charge in [-0.15, -0.1) is 0 Å².